The van der Waals surface area contributed by atoms with E-state index < -0.39 is 17.2 Å². The summed E-state index contributed by atoms with van der Waals surface area (Å²) in [6, 6.07) is 20.3. The van der Waals surface area contributed by atoms with E-state index >= 15 is 0 Å². The Morgan fingerprint density at radius 2 is 1.81 bits per heavy atom. The van der Waals surface area contributed by atoms with Crippen LogP contribution in [0.4, 0.5) is 0 Å². The van der Waals surface area contributed by atoms with Gasteiger partial charge >= 0.3 is 162 Å². The van der Waals surface area contributed by atoms with Crippen LogP contribution in [0.25, 0.3) is 11.1 Å². The molecule has 1 saturated carbocycles. The monoisotopic (exact) mass is 405 g/mol. The van der Waals surface area contributed by atoms with Gasteiger partial charge in [-0.05, 0) is 0 Å². The van der Waals surface area contributed by atoms with Crippen molar-refractivity contribution in [3.8, 4) is 16.9 Å². The zero-order chi connectivity index (χ0) is 17.5. The molecule has 1 aliphatic carbocycles. The van der Waals surface area contributed by atoms with E-state index in [4.69, 9.17) is 7.06 Å². The summed E-state index contributed by atoms with van der Waals surface area (Å²) in [5.74, 6) is 1.81. The van der Waals surface area contributed by atoms with Gasteiger partial charge < -0.3 is 0 Å². The van der Waals surface area contributed by atoms with Crippen molar-refractivity contribution in [2.45, 2.75) is 57.2 Å². The summed E-state index contributed by atoms with van der Waals surface area (Å²) in [7, 11) is 0. The Morgan fingerprint density at radius 1 is 0.962 bits per heavy atom. The third-order valence-electron chi connectivity index (χ3n) is 6.45. The molecule has 4 atom stereocenters. The number of hydrogen-bond acceptors (Lipinski definition) is 3. The van der Waals surface area contributed by atoms with E-state index in [9.17, 15) is 0 Å². The molecular weight excluding hydrogens is 380 g/mol. The summed E-state index contributed by atoms with van der Waals surface area (Å²) in [5, 5.41) is 0. The Morgan fingerprint density at radius 3 is 2.69 bits per heavy atom. The van der Waals surface area contributed by atoms with E-state index in [2.05, 4.69) is 65.1 Å². The first kappa shape index (κ1) is 16.9. The first-order valence-corrected chi connectivity index (χ1v) is 13.1. The summed E-state index contributed by atoms with van der Waals surface area (Å²) < 4.78 is 15.9. The molecule has 4 heteroatoms. The maximum atomic E-state index is 6.59. The molecule has 2 saturated heterocycles. The SMILES string of the molecule is CC1CCC2CCCC3[O][Ga]([O]c4cccc(-c5ccccc5)c4)[N]1C23. The molecule has 0 aromatic heterocycles. The second-order valence-electron chi connectivity index (χ2n) is 8.05. The van der Waals surface area contributed by atoms with Gasteiger partial charge in [-0.25, -0.2) is 0 Å². The molecule has 0 spiro atoms. The topological polar surface area (TPSA) is 21.7 Å². The van der Waals surface area contributed by atoms with E-state index in [1.54, 1.807) is 0 Å². The average molecular weight is 406 g/mol. The molecule has 3 aliphatic rings. The van der Waals surface area contributed by atoms with Gasteiger partial charge in [0.2, 0.25) is 0 Å². The second-order valence-corrected chi connectivity index (χ2v) is 11.7. The molecule has 2 aromatic rings. The van der Waals surface area contributed by atoms with Crippen LogP contribution in [0, 0.1) is 5.92 Å². The fourth-order valence-corrected chi connectivity index (χ4v) is 10.6. The zero-order valence-electron chi connectivity index (χ0n) is 15.4. The van der Waals surface area contributed by atoms with Crippen LogP contribution < -0.4 is 3.53 Å². The van der Waals surface area contributed by atoms with Crippen molar-refractivity contribution in [3.05, 3.63) is 54.6 Å². The summed E-state index contributed by atoms with van der Waals surface area (Å²) in [5.41, 5.74) is 2.45. The van der Waals surface area contributed by atoms with Crippen molar-refractivity contribution < 1.29 is 7.06 Å². The first-order valence-electron chi connectivity index (χ1n) is 10.0. The minimum absolute atomic E-state index is 0.429. The number of nitrogens with zero attached hydrogens (tertiary/aromatic N) is 1. The summed E-state index contributed by atoms with van der Waals surface area (Å²) in [4.78, 5) is 0. The molecule has 0 N–H and O–H groups in total. The van der Waals surface area contributed by atoms with Crippen LogP contribution in [0.5, 0.6) is 5.75 Å². The van der Waals surface area contributed by atoms with Crippen LogP contribution in [0.1, 0.15) is 39.0 Å². The van der Waals surface area contributed by atoms with Gasteiger partial charge in [-0.1, -0.05) is 0 Å². The standard InChI is InChI=1S/C12H10O.C10H17NO.Ga/c13-12-8-4-7-11(9-12)10-5-2-1-3-6-10;1-7-5-6-8-3-2-4-9(12)10(8)11-7;/h1-9,13H;7-10H,2-6H2,1H3;/q;-2;+3/p-1. The summed E-state index contributed by atoms with van der Waals surface area (Å²) >= 11 is -2.43. The average Bonchev–Trinajstić information content (AvgIpc) is 3.05. The number of hydrogen-bond donors (Lipinski definition) is 0. The Balaban J connectivity index is 1.39. The van der Waals surface area contributed by atoms with Crippen LogP contribution in [0.2, 0.25) is 0 Å². The van der Waals surface area contributed by atoms with Gasteiger partial charge in [0.15, 0.2) is 0 Å². The van der Waals surface area contributed by atoms with Crippen molar-refractivity contribution in [1.82, 2.24) is 3.61 Å². The number of benzene rings is 2. The molecule has 3 fully saturated rings. The van der Waals surface area contributed by atoms with Gasteiger partial charge in [0, 0.05) is 0 Å². The Bertz CT molecular complexity index is 768. The fraction of sp³-hybridized carbons (Fsp3) is 0.455. The molecular formula is C22H26GaNO2. The van der Waals surface area contributed by atoms with Gasteiger partial charge in [-0.3, -0.25) is 0 Å². The minimum atomic E-state index is -2.43. The van der Waals surface area contributed by atoms with E-state index in [1.807, 2.05) is 0 Å². The van der Waals surface area contributed by atoms with Gasteiger partial charge in [0.25, 0.3) is 0 Å². The van der Waals surface area contributed by atoms with Crippen LogP contribution in [-0.4, -0.2) is 39.0 Å². The molecule has 134 valence electrons. The summed E-state index contributed by atoms with van der Waals surface area (Å²) in [6.07, 6.45) is 7.03. The number of rotatable bonds is 3. The van der Waals surface area contributed by atoms with E-state index in [0.717, 1.165) is 11.7 Å². The Labute approximate surface area is 162 Å². The summed E-state index contributed by atoms with van der Waals surface area (Å²) in [6.45, 7) is 2.37. The van der Waals surface area contributed by atoms with E-state index in [1.165, 1.54) is 43.2 Å². The molecule has 0 amide bonds. The van der Waals surface area contributed by atoms with Crippen molar-refractivity contribution in [1.29, 1.82) is 0 Å². The fourth-order valence-electron chi connectivity index (χ4n) is 5.18. The molecule has 2 aliphatic heterocycles. The first-order chi connectivity index (χ1) is 12.8. The molecule has 2 heterocycles. The van der Waals surface area contributed by atoms with Gasteiger partial charge in [-0.2, -0.15) is 0 Å². The molecule has 4 unspecified atom stereocenters. The Hall–Kier alpha value is -1.20. The third-order valence-corrected chi connectivity index (χ3v) is 11.5. The zero-order valence-corrected chi connectivity index (χ0v) is 17.8. The van der Waals surface area contributed by atoms with E-state index in [-0.39, 0.29) is 0 Å². The predicted octanol–water partition coefficient (Wildman–Crippen LogP) is 4.77. The molecule has 0 bridgehead atoms. The van der Waals surface area contributed by atoms with Crippen molar-refractivity contribution >= 4 is 17.2 Å². The second kappa shape index (κ2) is 7.08. The van der Waals surface area contributed by atoms with Gasteiger partial charge in [0.05, 0.1) is 0 Å². The van der Waals surface area contributed by atoms with Crippen molar-refractivity contribution in [2.75, 3.05) is 0 Å². The van der Waals surface area contributed by atoms with Crippen molar-refractivity contribution in [3.63, 3.8) is 0 Å². The van der Waals surface area contributed by atoms with Crippen LogP contribution >= 0.6 is 0 Å². The third kappa shape index (κ3) is 3.03. The van der Waals surface area contributed by atoms with Crippen LogP contribution in [0.3, 0.4) is 0 Å². The van der Waals surface area contributed by atoms with E-state index in [0.29, 0.717) is 18.2 Å². The quantitative estimate of drug-likeness (QED) is 0.686. The predicted molar refractivity (Wildman–Crippen MR) is 105 cm³/mol. The maximum absolute atomic E-state index is 6.59. The van der Waals surface area contributed by atoms with Crippen LogP contribution in [0.15, 0.2) is 54.6 Å². The molecule has 3 nitrogen and oxygen atoms in total. The Kier molecular flexibility index (Phi) is 4.61. The molecule has 0 radical (unpaired) electrons. The van der Waals surface area contributed by atoms with Gasteiger partial charge in [-0.15, -0.1) is 0 Å². The van der Waals surface area contributed by atoms with Crippen LogP contribution in [-0.2, 0) is 3.53 Å². The normalized spacial score (nSPS) is 30.9. The molecule has 2 aromatic carbocycles. The molecule has 26 heavy (non-hydrogen) atoms. The van der Waals surface area contributed by atoms with Crippen molar-refractivity contribution in [2.24, 2.45) is 5.92 Å². The number of piperidine rings is 1. The molecule has 5 rings (SSSR count). The van der Waals surface area contributed by atoms with Gasteiger partial charge in [0.1, 0.15) is 0 Å².